The van der Waals surface area contributed by atoms with Crippen LogP contribution >= 0.6 is 0 Å². The average molecular weight is 216 g/mol. The van der Waals surface area contributed by atoms with Crippen molar-refractivity contribution in [2.45, 2.75) is 46.0 Å². The van der Waals surface area contributed by atoms with Crippen molar-refractivity contribution >= 4 is 5.57 Å². The Labute approximate surface area is 97.8 Å². The zero-order chi connectivity index (χ0) is 11.9. The maximum absolute atomic E-state index is 10.1. The Balaban J connectivity index is 2.69. The normalized spacial score (nSPS) is 19.3. The van der Waals surface area contributed by atoms with Crippen LogP contribution in [0.2, 0.25) is 0 Å². The molecule has 0 bridgehead atoms. The van der Waals surface area contributed by atoms with Gasteiger partial charge in [-0.1, -0.05) is 19.1 Å². The Bertz CT molecular complexity index is 443. The van der Waals surface area contributed by atoms with Gasteiger partial charge in [0.1, 0.15) is 5.75 Å². The molecule has 0 saturated carbocycles. The first-order valence-electron chi connectivity index (χ1n) is 6.03. The van der Waals surface area contributed by atoms with Crippen molar-refractivity contribution < 1.29 is 5.11 Å². The van der Waals surface area contributed by atoms with Crippen LogP contribution in [0.15, 0.2) is 12.6 Å². The van der Waals surface area contributed by atoms with E-state index < -0.39 is 0 Å². The van der Waals surface area contributed by atoms with E-state index in [0.717, 1.165) is 17.6 Å². The van der Waals surface area contributed by atoms with Crippen LogP contribution in [0.25, 0.3) is 5.57 Å². The van der Waals surface area contributed by atoms with Crippen LogP contribution in [-0.4, -0.2) is 5.11 Å². The van der Waals surface area contributed by atoms with Crippen LogP contribution in [0, 0.1) is 6.92 Å². The van der Waals surface area contributed by atoms with E-state index in [1.54, 1.807) is 0 Å². The lowest BCUT2D eigenvalue weighted by Crippen LogP contribution is -2.10. The lowest BCUT2D eigenvalue weighted by molar-refractivity contribution is 0.456. The summed E-state index contributed by atoms with van der Waals surface area (Å²) in [4.78, 5) is 0. The van der Waals surface area contributed by atoms with E-state index in [9.17, 15) is 5.11 Å². The molecule has 1 atom stereocenters. The van der Waals surface area contributed by atoms with Crippen molar-refractivity contribution in [3.05, 3.63) is 34.9 Å². The molecule has 1 heteroatoms. The number of hydrogen-bond acceptors (Lipinski definition) is 1. The largest absolute Gasteiger partial charge is 0.508 e. The summed E-state index contributed by atoms with van der Waals surface area (Å²) in [5, 5.41) is 10.1. The summed E-state index contributed by atoms with van der Waals surface area (Å²) in [7, 11) is 0. The van der Waals surface area contributed by atoms with Gasteiger partial charge in [-0.3, -0.25) is 0 Å². The van der Waals surface area contributed by atoms with Gasteiger partial charge in [0.2, 0.25) is 0 Å². The second kappa shape index (κ2) is 3.97. The fourth-order valence-corrected chi connectivity index (χ4v) is 2.94. The number of hydrogen-bond donors (Lipinski definition) is 1. The van der Waals surface area contributed by atoms with Crippen molar-refractivity contribution in [3.8, 4) is 5.75 Å². The summed E-state index contributed by atoms with van der Waals surface area (Å²) in [5.41, 5.74) is 6.00. The quantitative estimate of drug-likeness (QED) is 0.747. The lowest BCUT2D eigenvalue weighted by atomic mass is 9.79. The van der Waals surface area contributed by atoms with Crippen LogP contribution in [0.5, 0.6) is 5.75 Å². The molecule has 1 aromatic rings. The summed E-state index contributed by atoms with van der Waals surface area (Å²) < 4.78 is 0. The number of rotatable bonds is 1. The summed E-state index contributed by atoms with van der Waals surface area (Å²) in [5.74, 6) is 1.03. The topological polar surface area (TPSA) is 20.2 Å². The zero-order valence-corrected chi connectivity index (χ0v) is 10.4. The van der Waals surface area contributed by atoms with E-state index >= 15 is 0 Å². The van der Waals surface area contributed by atoms with E-state index in [0.29, 0.717) is 11.7 Å². The Morgan fingerprint density at radius 1 is 1.50 bits per heavy atom. The Morgan fingerprint density at radius 2 is 2.19 bits per heavy atom. The van der Waals surface area contributed by atoms with Gasteiger partial charge in [-0.15, -0.1) is 0 Å². The van der Waals surface area contributed by atoms with Gasteiger partial charge >= 0.3 is 0 Å². The van der Waals surface area contributed by atoms with Crippen LogP contribution in [0.3, 0.4) is 0 Å². The smallest absolute Gasteiger partial charge is 0.119 e. The molecular formula is C15H20O. The van der Waals surface area contributed by atoms with E-state index in [2.05, 4.69) is 20.4 Å². The first-order chi connectivity index (χ1) is 7.52. The van der Waals surface area contributed by atoms with Gasteiger partial charge < -0.3 is 5.11 Å². The molecule has 16 heavy (non-hydrogen) atoms. The van der Waals surface area contributed by atoms with Crippen molar-refractivity contribution in [1.82, 2.24) is 0 Å². The molecular weight excluding hydrogens is 196 g/mol. The standard InChI is InChI=1S/C15H20O/c1-9(2)13-8-14(16)12-7-5-6-10(3)15(12)11(13)4/h8,10,16H,1,5-7H2,2-4H3/t10-/m1/s1. The Kier molecular flexibility index (Phi) is 2.79. The monoisotopic (exact) mass is 216 g/mol. The van der Waals surface area contributed by atoms with Crippen LogP contribution in [0.4, 0.5) is 0 Å². The van der Waals surface area contributed by atoms with Crippen LogP contribution < -0.4 is 0 Å². The molecule has 1 nitrogen and oxygen atoms in total. The second-order valence-electron chi connectivity index (χ2n) is 5.03. The molecule has 86 valence electrons. The van der Waals surface area contributed by atoms with Gasteiger partial charge in [-0.25, -0.2) is 0 Å². The molecule has 1 aliphatic rings. The third kappa shape index (κ3) is 1.64. The molecule has 0 saturated heterocycles. The SMILES string of the molecule is C=C(C)c1cc(O)c2c(c1C)[C@H](C)CCC2. The van der Waals surface area contributed by atoms with Gasteiger partial charge in [-0.05, 0) is 67.3 Å². The highest BCUT2D eigenvalue weighted by molar-refractivity contribution is 5.69. The highest BCUT2D eigenvalue weighted by atomic mass is 16.3. The average Bonchev–Trinajstić information content (AvgIpc) is 2.22. The van der Waals surface area contributed by atoms with E-state index in [1.165, 1.54) is 29.5 Å². The molecule has 0 unspecified atom stereocenters. The van der Waals surface area contributed by atoms with E-state index in [1.807, 2.05) is 13.0 Å². The highest BCUT2D eigenvalue weighted by Gasteiger charge is 2.23. The summed E-state index contributed by atoms with van der Waals surface area (Å²) >= 11 is 0. The number of phenols is 1. The first kappa shape index (κ1) is 11.3. The number of allylic oxidation sites excluding steroid dienone is 1. The molecule has 0 amide bonds. The van der Waals surface area contributed by atoms with Crippen molar-refractivity contribution in [2.24, 2.45) is 0 Å². The van der Waals surface area contributed by atoms with E-state index in [4.69, 9.17) is 0 Å². The minimum atomic E-state index is 0.463. The Hall–Kier alpha value is -1.24. The summed E-state index contributed by atoms with van der Waals surface area (Å²) in [6.07, 6.45) is 3.43. The lowest BCUT2D eigenvalue weighted by Gasteiger charge is -2.27. The minimum absolute atomic E-state index is 0.463. The fourth-order valence-electron chi connectivity index (χ4n) is 2.94. The van der Waals surface area contributed by atoms with Crippen molar-refractivity contribution in [3.63, 3.8) is 0 Å². The molecule has 0 aliphatic heterocycles. The van der Waals surface area contributed by atoms with Crippen molar-refractivity contribution in [2.75, 3.05) is 0 Å². The molecule has 0 aromatic heterocycles. The van der Waals surface area contributed by atoms with Crippen molar-refractivity contribution in [1.29, 1.82) is 0 Å². The van der Waals surface area contributed by atoms with Gasteiger partial charge in [0.25, 0.3) is 0 Å². The maximum atomic E-state index is 10.1. The molecule has 1 aromatic carbocycles. The predicted octanol–water partition coefficient (Wildman–Crippen LogP) is 4.17. The van der Waals surface area contributed by atoms with Crippen LogP contribution in [-0.2, 0) is 6.42 Å². The predicted molar refractivity (Wildman–Crippen MR) is 68.9 cm³/mol. The number of aromatic hydroxyl groups is 1. The van der Waals surface area contributed by atoms with Gasteiger partial charge in [0, 0.05) is 0 Å². The molecule has 0 radical (unpaired) electrons. The van der Waals surface area contributed by atoms with Crippen LogP contribution in [0.1, 0.15) is 54.9 Å². The minimum Gasteiger partial charge on any atom is -0.508 e. The molecule has 0 fully saturated rings. The summed E-state index contributed by atoms with van der Waals surface area (Å²) in [6, 6.07) is 1.88. The second-order valence-corrected chi connectivity index (χ2v) is 5.03. The molecule has 1 N–H and O–H groups in total. The number of benzene rings is 1. The number of fused-ring (bicyclic) bond motifs is 1. The Morgan fingerprint density at radius 3 is 2.81 bits per heavy atom. The fraction of sp³-hybridized carbons (Fsp3) is 0.467. The number of phenolic OH excluding ortho intramolecular Hbond substituents is 1. The van der Waals surface area contributed by atoms with Gasteiger partial charge in [0.15, 0.2) is 0 Å². The summed E-state index contributed by atoms with van der Waals surface area (Å²) in [6.45, 7) is 10.4. The molecule has 0 heterocycles. The highest BCUT2D eigenvalue weighted by Crippen LogP contribution is 2.40. The van der Waals surface area contributed by atoms with Gasteiger partial charge in [-0.2, -0.15) is 0 Å². The molecule has 2 rings (SSSR count). The maximum Gasteiger partial charge on any atom is 0.119 e. The first-order valence-corrected chi connectivity index (χ1v) is 6.03. The van der Waals surface area contributed by atoms with Gasteiger partial charge in [0.05, 0.1) is 0 Å². The van der Waals surface area contributed by atoms with E-state index in [-0.39, 0.29) is 0 Å². The molecule has 0 spiro atoms. The third-order valence-electron chi connectivity index (χ3n) is 3.74. The molecule has 1 aliphatic carbocycles. The third-order valence-corrected chi connectivity index (χ3v) is 3.74. The zero-order valence-electron chi connectivity index (χ0n) is 10.4.